The lowest BCUT2D eigenvalue weighted by atomic mass is 10.00. The first-order chi connectivity index (χ1) is 15.1. The molecule has 0 radical (unpaired) electrons. The number of sulfonamides is 1. The van der Waals surface area contributed by atoms with E-state index in [1.54, 1.807) is 30.1 Å². The third-order valence-electron chi connectivity index (χ3n) is 5.44. The van der Waals surface area contributed by atoms with Crippen molar-refractivity contribution in [1.29, 1.82) is 0 Å². The zero-order valence-electron chi connectivity index (χ0n) is 18.7. The number of aromatic amines is 1. The maximum absolute atomic E-state index is 13.4. The van der Waals surface area contributed by atoms with Crippen molar-refractivity contribution < 1.29 is 13.5 Å². The molecular formula is C21H29N5O5S. The molecule has 2 heterocycles. The molecule has 10 nitrogen and oxygen atoms in total. The number of aryl methyl sites for hydroxylation is 2. The SMILES string of the molecule is CCCCCC(O)N(n1c(=O)[nH]c2cc(CC)c(-c3ccnn3C)cc2c1=O)S(C)(=O)=O. The Kier molecular flexibility index (Phi) is 6.89. The summed E-state index contributed by atoms with van der Waals surface area (Å²) in [5.74, 6) is 0. The molecular weight excluding hydrogens is 434 g/mol. The molecule has 0 spiro atoms. The monoisotopic (exact) mass is 463 g/mol. The average Bonchev–Trinajstić information content (AvgIpc) is 3.15. The fraction of sp³-hybridized carbons (Fsp3) is 0.476. The smallest absolute Gasteiger partial charge is 0.348 e. The Morgan fingerprint density at radius 3 is 2.50 bits per heavy atom. The molecule has 1 aromatic carbocycles. The second-order valence-electron chi connectivity index (χ2n) is 7.81. The molecule has 2 N–H and O–H groups in total. The normalized spacial score (nSPS) is 12.9. The number of rotatable bonds is 9. The Morgan fingerprint density at radius 2 is 1.94 bits per heavy atom. The fourth-order valence-electron chi connectivity index (χ4n) is 3.84. The van der Waals surface area contributed by atoms with Gasteiger partial charge in [0.15, 0.2) is 6.23 Å². The number of nitrogens with zero attached hydrogens (tertiary/aromatic N) is 4. The summed E-state index contributed by atoms with van der Waals surface area (Å²) < 4.78 is 27.6. The summed E-state index contributed by atoms with van der Waals surface area (Å²) in [6, 6.07) is 5.15. The number of hydrogen-bond donors (Lipinski definition) is 2. The van der Waals surface area contributed by atoms with Gasteiger partial charge in [-0.25, -0.2) is 13.2 Å². The minimum atomic E-state index is -4.13. The van der Waals surface area contributed by atoms with Crippen molar-refractivity contribution in [3.63, 3.8) is 0 Å². The highest BCUT2D eigenvalue weighted by molar-refractivity contribution is 7.91. The third-order valence-corrected chi connectivity index (χ3v) is 6.52. The number of aromatic nitrogens is 4. The second-order valence-corrected chi connectivity index (χ2v) is 9.65. The van der Waals surface area contributed by atoms with E-state index in [1.807, 2.05) is 19.9 Å². The molecule has 0 saturated heterocycles. The summed E-state index contributed by atoms with van der Waals surface area (Å²) in [7, 11) is -2.35. The van der Waals surface area contributed by atoms with E-state index < -0.39 is 27.5 Å². The first-order valence-electron chi connectivity index (χ1n) is 10.6. The van der Waals surface area contributed by atoms with Crippen LogP contribution in [0.5, 0.6) is 0 Å². The molecule has 0 amide bonds. The zero-order valence-corrected chi connectivity index (χ0v) is 19.5. The van der Waals surface area contributed by atoms with E-state index in [0.717, 1.165) is 35.9 Å². The Labute approximate surface area is 186 Å². The van der Waals surface area contributed by atoms with Crippen LogP contribution in [0, 0.1) is 0 Å². The minimum absolute atomic E-state index is 0.0971. The van der Waals surface area contributed by atoms with Crippen molar-refractivity contribution >= 4 is 20.9 Å². The van der Waals surface area contributed by atoms with E-state index >= 15 is 0 Å². The van der Waals surface area contributed by atoms with Gasteiger partial charge in [0.25, 0.3) is 5.56 Å². The largest absolute Gasteiger partial charge is 0.371 e. The van der Waals surface area contributed by atoms with E-state index in [1.165, 1.54) is 0 Å². The van der Waals surface area contributed by atoms with Gasteiger partial charge in [0, 0.05) is 18.8 Å². The van der Waals surface area contributed by atoms with Crippen molar-refractivity contribution in [3.8, 4) is 11.3 Å². The van der Waals surface area contributed by atoms with Gasteiger partial charge in [-0.3, -0.25) is 9.48 Å². The summed E-state index contributed by atoms with van der Waals surface area (Å²) >= 11 is 0. The van der Waals surface area contributed by atoms with Gasteiger partial charge in [-0.15, -0.1) is 0 Å². The van der Waals surface area contributed by atoms with Gasteiger partial charge in [-0.1, -0.05) is 26.7 Å². The van der Waals surface area contributed by atoms with Crippen LogP contribution < -0.4 is 15.7 Å². The van der Waals surface area contributed by atoms with E-state index in [-0.39, 0.29) is 11.8 Å². The van der Waals surface area contributed by atoms with Gasteiger partial charge in [-0.05, 0) is 43.0 Å². The van der Waals surface area contributed by atoms with Gasteiger partial charge in [0.2, 0.25) is 10.0 Å². The number of H-pyrrole nitrogens is 1. The van der Waals surface area contributed by atoms with E-state index in [0.29, 0.717) is 27.4 Å². The van der Waals surface area contributed by atoms with Gasteiger partial charge < -0.3 is 10.1 Å². The molecule has 1 atom stereocenters. The Hall–Kier alpha value is -2.92. The molecule has 1 unspecified atom stereocenters. The topological polar surface area (TPSA) is 130 Å². The zero-order chi connectivity index (χ0) is 23.6. The average molecular weight is 464 g/mol. The molecule has 3 rings (SSSR count). The van der Waals surface area contributed by atoms with Crippen LogP contribution in [0.25, 0.3) is 22.2 Å². The van der Waals surface area contributed by atoms with Crippen LogP contribution in [-0.4, -0.2) is 45.4 Å². The van der Waals surface area contributed by atoms with Crippen molar-refractivity contribution in [2.45, 2.75) is 52.2 Å². The summed E-state index contributed by atoms with van der Waals surface area (Å²) in [4.78, 5) is 28.8. The fourth-order valence-corrected chi connectivity index (χ4v) is 4.83. The minimum Gasteiger partial charge on any atom is -0.371 e. The molecule has 32 heavy (non-hydrogen) atoms. The number of aliphatic hydroxyl groups is 1. The van der Waals surface area contributed by atoms with Crippen LogP contribution in [-0.2, 0) is 23.5 Å². The Balaban J connectivity index is 2.26. The van der Waals surface area contributed by atoms with Gasteiger partial charge in [0.1, 0.15) is 0 Å². The van der Waals surface area contributed by atoms with Gasteiger partial charge >= 0.3 is 5.69 Å². The van der Waals surface area contributed by atoms with Crippen molar-refractivity contribution in [1.82, 2.24) is 19.4 Å². The quantitative estimate of drug-likeness (QED) is 0.365. The highest BCUT2D eigenvalue weighted by Gasteiger charge is 2.29. The number of hydrogen-bond acceptors (Lipinski definition) is 6. The van der Waals surface area contributed by atoms with E-state index in [2.05, 4.69) is 10.1 Å². The number of nitrogens with one attached hydrogen (secondary N) is 1. The van der Waals surface area contributed by atoms with Crippen molar-refractivity contribution in [2.24, 2.45) is 7.05 Å². The Morgan fingerprint density at radius 1 is 1.22 bits per heavy atom. The molecule has 0 aliphatic rings. The third kappa shape index (κ3) is 4.49. The molecule has 0 saturated carbocycles. The summed E-state index contributed by atoms with van der Waals surface area (Å²) in [5, 5.41) is 14.9. The maximum Gasteiger partial charge on any atom is 0.348 e. The number of unbranched alkanes of at least 4 members (excludes halogenated alkanes) is 2. The predicted octanol–water partition coefficient (Wildman–Crippen LogP) is 1.45. The number of benzene rings is 1. The highest BCUT2D eigenvalue weighted by atomic mass is 32.2. The van der Waals surface area contributed by atoms with E-state index in [9.17, 15) is 23.1 Å². The lowest BCUT2D eigenvalue weighted by molar-refractivity contribution is 0.149. The van der Waals surface area contributed by atoms with Crippen LogP contribution in [0.15, 0.2) is 34.0 Å². The molecule has 0 bridgehead atoms. The predicted molar refractivity (Wildman–Crippen MR) is 124 cm³/mol. The van der Waals surface area contributed by atoms with Gasteiger partial charge in [0.05, 0.1) is 22.9 Å². The molecule has 0 fully saturated rings. The van der Waals surface area contributed by atoms with Crippen LogP contribution in [0.3, 0.4) is 0 Å². The summed E-state index contributed by atoms with van der Waals surface area (Å²) in [5.41, 5.74) is 0.972. The first kappa shape index (κ1) is 23.7. The molecule has 0 aliphatic heterocycles. The maximum atomic E-state index is 13.4. The van der Waals surface area contributed by atoms with Gasteiger partial charge in [-0.2, -0.15) is 14.2 Å². The van der Waals surface area contributed by atoms with Crippen molar-refractivity contribution in [3.05, 3.63) is 50.8 Å². The van der Waals surface area contributed by atoms with Crippen LogP contribution in [0.1, 0.15) is 45.1 Å². The summed E-state index contributed by atoms with van der Waals surface area (Å²) in [6.07, 6.45) is 3.90. The molecule has 11 heteroatoms. The van der Waals surface area contributed by atoms with Crippen LogP contribution in [0.2, 0.25) is 0 Å². The molecule has 0 aliphatic carbocycles. The Bertz CT molecular complexity index is 1340. The summed E-state index contributed by atoms with van der Waals surface area (Å²) in [6.45, 7) is 3.93. The lowest BCUT2D eigenvalue weighted by Gasteiger charge is -2.28. The molecule has 174 valence electrons. The van der Waals surface area contributed by atoms with Crippen LogP contribution in [0.4, 0.5) is 0 Å². The highest BCUT2D eigenvalue weighted by Crippen LogP contribution is 2.26. The first-order valence-corrected chi connectivity index (χ1v) is 12.4. The number of fused-ring (bicyclic) bond motifs is 1. The lowest BCUT2D eigenvalue weighted by Crippen LogP contribution is -2.57. The molecule has 2 aromatic heterocycles. The standard InChI is InChI=1S/C21H29N5O5S/c1-5-7-8-9-19(27)26(32(4,30)31)25-20(28)16-13-15(18-10-11-22-24(18)3)14(6-2)12-17(16)23-21(25)29/h10-13,19,27H,5-9H2,1-4H3,(H,23,29). The van der Waals surface area contributed by atoms with Crippen molar-refractivity contribution in [2.75, 3.05) is 10.7 Å². The van der Waals surface area contributed by atoms with Crippen LogP contribution >= 0.6 is 0 Å². The number of aliphatic hydroxyl groups excluding tert-OH is 1. The second kappa shape index (κ2) is 9.29. The van der Waals surface area contributed by atoms with E-state index in [4.69, 9.17) is 0 Å². The molecule has 3 aromatic rings.